The number of carbonyl (C=O) groups excluding carboxylic acids is 1. The zero-order valence-electron chi connectivity index (χ0n) is 18.1. The van der Waals surface area contributed by atoms with E-state index in [2.05, 4.69) is 16.0 Å². The summed E-state index contributed by atoms with van der Waals surface area (Å²) in [7, 11) is 0. The van der Waals surface area contributed by atoms with Crippen molar-refractivity contribution in [3.05, 3.63) is 76.2 Å². The largest absolute Gasteiger partial charge is 0.375 e. The maximum absolute atomic E-state index is 13.1. The molecule has 1 saturated heterocycles. The van der Waals surface area contributed by atoms with Gasteiger partial charge in [0.1, 0.15) is 5.82 Å². The highest BCUT2D eigenvalue weighted by atomic mass is 16.5. The molecule has 0 radical (unpaired) electrons. The number of hydrogen-bond donors (Lipinski definition) is 1. The normalized spacial score (nSPS) is 13.7. The molecule has 1 fully saturated rings. The van der Waals surface area contributed by atoms with Gasteiger partial charge in [0, 0.05) is 36.7 Å². The van der Waals surface area contributed by atoms with Crippen molar-refractivity contribution in [1.29, 1.82) is 5.26 Å². The number of benzene rings is 2. The Balaban J connectivity index is 1.51. The number of nitriles is 1. The SMILES string of the molecule is CCOCc1[nH]c(C)nc1-c1cc(C(=O)N2CC(c3ccc(C#N)cc3)C2)ccc1C. The van der Waals surface area contributed by atoms with Crippen molar-refractivity contribution in [3.8, 4) is 17.3 Å². The molecule has 0 atom stereocenters. The number of likely N-dealkylation sites (tertiary alicyclic amines) is 1. The van der Waals surface area contributed by atoms with Crippen LogP contribution in [0.25, 0.3) is 11.3 Å². The Morgan fingerprint density at radius 1 is 1.23 bits per heavy atom. The number of rotatable bonds is 6. The van der Waals surface area contributed by atoms with Crippen LogP contribution in [0.4, 0.5) is 0 Å². The second kappa shape index (κ2) is 8.75. The minimum atomic E-state index is 0.0322. The van der Waals surface area contributed by atoms with Gasteiger partial charge in [0.15, 0.2) is 0 Å². The first-order valence-corrected chi connectivity index (χ1v) is 10.5. The number of carbonyl (C=O) groups is 1. The molecule has 1 N–H and O–H groups in total. The van der Waals surface area contributed by atoms with Crippen molar-refractivity contribution < 1.29 is 9.53 Å². The van der Waals surface area contributed by atoms with E-state index < -0.39 is 0 Å². The summed E-state index contributed by atoms with van der Waals surface area (Å²) in [6, 6.07) is 15.6. The van der Waals surface area contributed by atoms with Gasteiger partial charge < -0.3 is 14.6 Å². The number of ether oxygens (including phenoxy) is 1. The molecule has 1 amide bonds. The maximum Gasteiger partial charge on any atom is 0.253 e. The topological polar surface area (TPSA) is 82.0 Å². The van der Waals surface area contributed by atoms with Crippen LogP contribution in [-0.4, -0.2) is 40.5 Å². The third kappa shape index (κ3) is 4.23. The van der Waals surface area contributed by atoms with Crippen LogP contribution in [0.5, 0.6) is 0 Å². The van der Waals surface area contributed by atoms with Gasteiger partial charge in [0.05, 0.1) is 29.6 Å². The molecule has 3 aromatic rings. The standard InChI is InChI=1S/C25H26N4O2/c1-4-31-15-23-24(28-17(3)27-23)22-11-20(8-5-16(22)2)25(30)29-13-21(14-29)19-9-6-18(12-26)7-10-19/h5-11,21H,4,13-15H2,1-3H3,(H,27,28). The lowest BCUT2D eigenvalue weighted by atomic mass is 9.90. The number of nitrogens with one attached hydrogen (secondary N) is 1. The Morgan fingerprint density at radius 3 is 2.65 bits per heavy atom. The van der Waals surface area contributed by atoms with Crippen LogP contribution in [0.15, 0.2) is 42.5 Å². The first-order valence-electron chi connectivity index (χ1n) is 10.5. The third-order valence-electron chi connectivity index (χ3n) is 5.77. The van der Waals surface area contributed by atoms with E-state index in [1.165, 1.54) is 5.56 Å². The Kier molecular flexibility index (Phi) is 5.88. The Bertz CT molecular complexity index is 1140. The molecular formula is C25H26N4O2. The Morgan fingerprint density at radius 2 is 1.97 bits per heavy atom. The van der Waals surface area contributed by atoms with Crippen molar-refractivity contribution in [1.82, 2.24) is 14.9 Å². The first-order chi connectivity index (χ1) is 15.0. The number of nitrogens with zero attached hydrogens (tertiary/aromatic N) is 3. The molecule has 31 heavy (non-hydrogen) atoms. The fourth-order valence-corrected chi connectivity index (χ4v) is 3.95. The first kappa shape index (κ1) is 20.8. The Hall–Kier alpha value is -3.43. The molecule has 1 aliphatic heterocycles. The van der Waals surface area contributed by atoms with Crippen LogP contribution in [0.1, 0.15) is 51.4 Å². The van der Waals surface area contributed by atoms with E-state index in [4.69, 9.17) is 10.00 Å². The van der Waals surface area contributed by atoms with E-state index in [-0.39, 0.29) is 5.91 Å². The smallest absolute Gasteiger partial charge is 0.253 e. The number of hydrogen-bond acceptors (Lipinski definition) is 4. The predicted octanol–water partition coefficient (Wildman–Crippen LogP) is 4.34. The second-order valence-electron chi connectivity index (χ2n) is 7.96. The van der Waals surface area contributed by atoms with Crippen molar-refractivity contribution in [2.45, 2.75) is 33.3 Å². The second-order valence-corrected chi connectivity index (χ2v) is 7.96. The molecule has 6 heteroatoms. The molecule has 0 aliphatic carbocycles. The van der Waals surface area contributed by atoms with E-state index in [1.54, 1.807) is 0 Å². The summed E-state index contributed by atoms with van der Waals surface area (Å²) in [6.45, 7) is 8.38. The van der Waals surface area contributed by atoms with Gasteiger partial charge in [-0.3, -0.25) is 4.79 Å². The average Bonchev–Trinajstić information content (AvgIpc) is 3.12. The lowest BCUT2D eigenvalue weighted by Crippen LogP contribution is -2.48. The predicted molar refractivity (Wildman–Crippen MR) is 119 cm³/mol. The highest BCUT2D eigenvalue weighted by Crippen LogP contribution is 2.31. The molecule has 158 valence electrons. The number of aryl methyl sites for hydroxylation is 2. The monoisotopic (exact) mass is 414 g/mol. The molecule has 1 aromatic heterocycles. The van der Waals surface area contributed by atoms with Gasteiger partial charge in [-0.05, 0) is 56.2 Å². The molecule has 1 aliphatic rings. The van der Waals surface area contributed by atoms with E-state index in [0.29, 0.717) is 43.3 Å². The van der Waals surface area contributed by atoms with Gasteiger partial charge in [0.2, 0.25) is 0 Å². The van der Waals surface area contributed by atoms with E-state index in [9.17, 15) is 4.79 Å². The fourth-order valence-electron chi connectivity index (χ4n) is 3.95. The fraction of sp³-hybridized carbons (Fsp3) is 0.320. The van der Waals surface area contributed by atoms with Gasteiger partial charge in [0.25, 0.3) is 5.91 Å². The van der Waals surface area contributed by atoms with E-state index >= 15 is 0 Å². The summed E-state index contributed by atoms with van der Waals surface area (Å²) in [5.74, 6) is 1.17. The zero-order valence-corrected chi connectivity index (χ0v) is 18.1. The van der Waals surface area contributed by atoms with Crippen molar-refractivity contribution in [2.24, 2.45) is 0 Å². The van der Waals surface area contributed by atoms with Gasteiger partial charge >= 0.3 is 0 Å². The number of H-pyrrole nitrogens is 1. The lowest BCUT2D eigenvalue weighted by molar-refractivity contribution is 0.0602. The summed E-state index contributed by atoms with van der Waals surface area (Å²) >= 11 is 0. The summed E-state index contributed by atoms with van der Waals surface area (Å²) in [5, 5.41) is 8.95. The molecule has 0 saturated carbocycles. The van der Waals surface area contributed by atoms with E-state index in [1.807, 2.05) is 68.1 Å². The molecule has 4 rings (SSSR count). The van der Waals surface area contributed by atoms with Crippen LogP contribution in [0.3, 0.4) is 0 Å². The molecule has 6 nitrogen and oxygen atoms in total. The van der Waals surface area contributed by atoms with Crippen molar-refractivity contribution in [3.63, 3.8) is 0 Å². The molecular weight excluding hydrogens is 388 g/mol. The molecule has 0 bridgehead atoms. The third-order valence-corrected chi connectivity index (χ3v) is 5.77. The van der Waals surface area contributed by atoms with Gasteiger partial charge in [-0.15, -0.1) is 0 Å². The highest BCUT2D eigenvalue weighted by molar-refractivity contribution is 5.96. The molecule has 0 unspecified atom stereocenters. The molecule has 2 heterocycles. The molecule has 2 aromatic carbocycles. The van der Waals surface area contributed by atoms with Crippen LogP contribution in [-0.2, 0) is 11.3 Å². The van der Waals surface area contributed by atoms with Gasteiger partial charge in [-0.2, -0.15) is 5.26 Å². The van der Waals surface area contributed by atoms with Gasteiger partial charge in [-0.25, -0.2) is 4.98 Å². The number of imidazole rings is 1. The Labute approximate surface area is 182 Å². The number of aromatic amines is 1. The minimum Gasteiger partial charge on any atom is -0.375 e. The van der Waals surface area contributed by atoms with Crippen LogP contribution < -0.4 is 0 Å². The van der Waals surface area contributed by atoms with Gasteiger partial charge in [-0.1, -0.05) is 18.2 Å². The summed E-state index contributed by atoms with van der Waals surface area (Å²) in [5.41, 5.74) is 6.28. The van der Waals surface area contributed by atoms with Crippen molar-refractivity contribution >= 4 is 5.91 Å². The zero-order chi connectivity index (χ0) is 22.0. The molecule has 0 spiro atoms. The summed E-state index contributed by atoms with van der Waals surface area (Å²) < 4.78 is 5.58. The van der Waals surface area contributed by atoms with Crippen LogP contribution in [0.2, 0.25) is 0 Å². The average molecular weight is 415 g/mol. The summed E-state index contributed by atoms with van der Waals surface area (Å²) in [4.78, 5) is 22.9. The van der Waals surface area contributed by atoms with E-state index in [0.717, 1.165) is 28.3 Å². The number of aromatic nitrogens is 2. The quantitative estimate of drug-likeness (QED) is 0.650. The summed E-state index contributed by atoms with van der Waals surface area (Å²) in [6.07, 6.45) is 0. The highest BCUT2D eigenvalue weighted by Gasteiger charge is 2.32. The maximum atomic E-state index is 13.1. The lowest BCUT2D eigenvalue weighted by Gasteiger charge is -2.39. The van der Waals surface area contributed by atoms with Crippen LogP contribution in [0, 0.1) is 25.2 Å². The van der Waals surface area contributed by atoms with Crippen LogP contribution >= 0.6 is 0 Å². The number of amides is 1. The minimum absolute atomic E-state index is 0.0322. The van der Waals surface area contributed by atoms with Crippen molar-refractivity contribution in [2.75, 3.05) is 19.7 Å².